The van der Waals surface area contributed by atoms with Crippen LogP contribution in [0.5, 0.6) is 0 Å². The Morgan fingerprint density at radius 2 is 1.80 bits per heavy atom. The van der Waals surface area contributed by atoms with Gasteiger partial charge in [-0.2, -0.15) is 0 Å². The number of rotatable bonds is 10. The van der Waals surface area contributed by atoms with Crippen molar-refractivity contribution in [2.75, 3.05) is 26.7 Å². The summed E-state index contributed by atoms with van der Waals surface area (Å²) in [5, 5.41) is 3.28. The van der Waals surface area contributed by atoms with E-state index in [1.54, 1.807) is 0 Å². The highest BCUT2D eigenvalue weighted by Gasteiger charge is 2.29. The molecule has 4 nitrogen and oxygen atoms in total. The molecule has 0 aliphatic rings. The summed E-state index contributed by atoms with van der Waals surface area (Å²) in [5.74, 6) is -0.242. The number of unbranched alkanes of at least 4 members (excludes halogenated alkanes) is 1. The summed E-state index contributed by atoms with van der Waals surface area (Å²) in [7, 11) is 2.16. The van der Waals surface area contributed by atoms with Gasteiger partial charge in [0, 0.05) is 6.54 Å². The minimum Gasteiger partial charge on any atom is -0.368 e. The second kappa shape index (κ2) is 8.63. The molecule has 3 N–H and O–H groups in total. The summed E-state index contributed by atoms with van der Waals surface area (Å²) in [5.41, 5.74) is 5.30. The first-order valence-corrected chi connectivity index (χ1v) is 7.84. The van der Waals surface area contributed by atoms with Crippen molar-refractivity contribution in [3.05, 3.63) is 0 Å². The van der Waals surface area contributed by atoms with E-state index < -0.39 is 5.54 Å². The molecule has 0 saturated heterocycles. The molecule has 0 aromatic carbocycles. The first kappa shape index (κ1) is 19.4. The van der Waals surface area contributed by atoms with Gasteiger partial charge in [0.2, 0.25) is 5.91 Å². The average molecular weight is 285 g/mol. The van der Waals surface area contributed by atoms with Gasteiger partial charge in [-0.3, -0.25) is 4.79 Å². The zero-order valence-electron chi connectivity index (χ0n) is 14.4. The van der Waals surface area contributed by atoms with Crippen LogP contribution in [-0.2, 0) is 4.79 Å². The molecule has 1 atom stereocenters. The maximum Gasteiger partial charge on any atom is 0.237 e. The lowest BCUT2D eigenvalue weighted by Crippen LogP contribution is -2.53. The molecule has 1 unspecified atom stereocenters. The van der Waals surface area contributed by atoms with Gasteiger partial charge in [-0.15, -0.1) is 0 Å². The average Bonchev–Trinajstić information content (AvgIpc) is 2.29. The lowest BCUT2D eigenvalue weighted by Gasteiger charge is -2.29. The molecule has 0 aliphatic carbocycles. The molecular formula is C16H35N3O. The number of nitrogens with two attached hydrogens (primary N) is 1. The van der Waals surface area contributed by atoms with Gasteiger partial charge in [-0.25, -0.2) is 0 Å². The van der Waals surface area contributed by atoms with Gasteiger partial charge in [-0.05, 0) is 58.2 Å². The fourth-order valence-corrected chi connectivity index (χ4v) is 2.45. The molecule has 4 heteroatoms. The van der Waals surface area contributed by atoms with Crippen LogP contribution in [0.2, 0.25) is 0 Å². The van der Waals surface area contributed by atoms with Crippen LogP contribution < -0.4 is 11.1 Å². The van der Waals surface area contributed by atoms with Gasteiger partial charge in [0.05, 0.1) is 5.54 Å². The Morgan fingerprint density at radius 1 is 1.20 bits per heavy atom. The van der Waals surface area contributed by atoms with Gasteiger partial charge in [0.1, 0.15) is 0 Å². The molecule has 0 fully saturated rings. The van der Waals surface area contributed by atoms with E-state index in [9.17, 15) is 4.79 Å². The molecule has 0 radical (unpaired) electrons. The molecule has 0 saturated carbocycles. The van der Waals surface area contributed by atoms with Gasteiger partial charge in [0.25, 0.3) is 0 Å². The zero-order chi connectivity index (χ0) is 15.8. The maximum absolute atomic E-state index is 11.6. The largest absolute Gasteiger partial charge is 0.368 e. The predicted molar refractivity (Wildman–Crippen MR) is 86.7 cm³/mol. The van der Waals surface area contributed by atoms with E-state index >= 15 is 0 Å². The SMILES string of the molecule is CCCNC(C)(CCCCN(C)CC(C)(C)C)C(N)=O. The predicted octanol–water partition coefficient (Wildman–Crippen LogP) is 2.38. The Bertz CT molecular complexity index is 286. The minimum atomic E-state index is -0.557. The molecule has 120 valence electrons. The van der Waals surface area contributed by atoms with E-state index in [4.69, 9.17) is 5.73 Å². The van der Waals surface area contributed by atoms with Gasteiger partial charge >= 0.3 is 0 Å². The topological polar surface area (TPSA) is 58.4 Å². The third-order valence-corrected chi connectivity index (χ3v) is 3.52. The standard InChI is InChI=1S/C16H35N3O/c1-7-11-18-16(5,14(17)20)10-8-9-12-19(6)13-15(2,3)4/h18H,7-13H2,1-6H3,(H2,17,20). The van der Waals surface area contributed by atoms with Crippen molar-refractivity contribution in [1.82, 2.24) is 10.2 Å². The van der Waals surface area contributed by atoms with Gasteiger partial charge in [0.15, 0.2) is 0 Å². The van der Waals surface area contributed by atoms with Crippen LogP contribution in [0.4, 0.5) is 0 Å². The highest BCUT2D eigenvalue weighted by molar-refractivity contribution is 5.84. The quantitative estimate of drug-likeness (QED) is 0.606. The van der Waals surface area contributed by atoms with Crippen molar-refractivity contribution < 1.29 is 4.79 Å². The van der Waals surface area contributed by atoms with E-state index in [0.717, 1.165) is 45.3 Å². The first-order chi connectivity index (χ1) is 9.10. The van der Waals surface area contributed by atoms with Crippen LogP contribution in [0.3, 0.4) is 0 Å². The lowest BCUT2D eigenvalue weighted by molar-refractivity contribution is -0.124. The van der Waals surface area contributed by atoms with Crippen molar-refractivity contribution in [1.29, 1.82) is 0 Å². The molecule has 1 amide bonds. The summed E-state index contributed by atoms with van der Waals surface area (Å²) in [6.07, 6.45) is 3.94. The van der Waals surface area contributed by atoms with Gasteiger partial charge < -0.3 is 16.0 Å². The molecule has 0 heterocycles. The molecule has 0 spiro atoms. The highest BCUT2D eigenvalue weighted by atomic mass is 16.1. The Labute approximate surface area is 125 Å². The maximum atomic E-state index is 11.6. The molecule has 0 aromatic heterocycles. The lowest BCUT2D eigenvalue weighted by atomic mass is 9.93. The number of hydrogen-bond donors (Lipinski definition) is 2. The smallest absolute Gasteiger partial charge is 0.237 e. The number of nitrogens with one attached hydrogen (secondary N) is 1. The van der Waals surface area contributed by atoms with Crippen molar-refractivity contribution in [2.45, 2.75) is 65.8 Å². The summed E-state index contributed by atoms with van der Waals surface area (Å²) in [6, 6.07) is 0. The van der Waals surface area contributed by atoms with Crippen LogP contribution >= 0.6 is 0 Å². The molecule has 20 heavy (non-hydrogen) atoms. The highest BCUT2D eigenvalue weighted by Crippen LogP contribution is 2.16. The molecule has 0 bridgehead atoms. The van der Waals surface area contributed by atoms with Gasteiger partial charge in [-0.1, -0.05) is 27.7 Å². The van der Waals surface area contributed by atoms with Crippen molar-refractivity contribution in [3.63, 3.8) is 0 Å². The van der Waals surface area contributed by atoms with E-state index in [-0.39, 0.29) is 5.91 Å². The Morgan fingerprint density at radius 3 is 2.25 bits per heavy atom. The van der Waals surface area contributed by atoms with Crippen LogP contribution in [0.15, 0.2) is 0 Å². The molecule has 0 aliphatic heterocycles. The van der Waals surface area contributed by atoms with E-state index in [1.165, 1.54) is 0 Å². The third kappa shape index (κ3) is 8.54. The summed E-state index contributed by atoms with van der Waals surface area (Å²) in [6.45, 7) is 13.8. The second-order valence-electron chi connectivity index (χ2n) is 7.38. The minimum absolute atomic E-state index is 0.242. The normalized spacial score (nSPS) is 15.3. The fourth-order valence-electron chi connectivity index (χ4n) is 2.45. The summed E-state index contributed by atoms with van der Waals surface area (Å²) < 4.78 is 0. The summed E-state index contributed by atoms with van der Waals surface area (Å²) >= 11 is 0. The van der Waals surface area contributed by atoms with E-state index in [2.05, 4.69) is 45.0 Å². The zero-order valence-corrected chi connectivity index (χ0v) is 14.4. The van der Waals surface area contributed by atoms with Crippen molar-refractivity contribution >= 4 is 5.91 Å². The fraction of sp³-hybridized carbons (Fsp3) is 0.938. The number of carbonyl (C=O) groups excluding carboxylic acids is 1. The van der Waals surface area contributed by atoms with Crippen molar-refractivity contribution in [3.8, 4) is 0 Å². The van der Waals surface area contributed by atoms with E-state index in [0.29, 0.717) is 5.41 Å². The molecule has 0 aromatic rings. The van der Waals surface area contributed by atoms with Crippen molar-refractivity contribution in [2.24, 2.45) is 11.1 Å². The van der Waals surface area contributed by atoms with Crippen LogP contribution in [-0.4, -0.2) is 43.0 Å². The molecular weight excluding hydrogens is 250 g/mol. The number of amides is 1. The van der Waals surface area contributed by atoms with E-state index in [1.807, 2.05) is 6.92 Å². The van der Waals surface area contributed by atoms with Crippen LogP contribution in [0, 0.1) is 5.41 Å². The monoisotopic (exact) mass is 285 g/mol. The number of carbonyl (C=O) groups is 1. The Hall–Kier alpha value is -0.610. The number of nitrogens with zero attached hydrogens (tertiary/aromatic N) is 1. The molecule has 0 rings (SSSR count). The van der Waals surface area contributed by atoms with Crippen LogP contribution in [0.1, 0.15) is 60.3 Å². The number of primary amides is 1. The summed E-state index contributed by atoms with van der Waals surface area (Å²) in [4.78, 5) is 14.0. The number of hydrogen-bond acceptors (Lipinski definition) is 3. The first-order valence-electron chi connectivity index (χ1n) is 7.84. The Balaban J connectivity index is 4.04. The second-order valence-corrected chi connectivity index (χ2v) is 7.38. The Kier molecular flexibility index (Phi) is 8.36. The third-order valence-electron chi connectivity index (χ3n) is 3.52. The van der Waals surface area contributed by atoms with Crippen LogP contribution in [0.25, 0.3) is 0 Å².